The van der Waals surface area contributed by atoms with Crippen molar-refractivity contribution in [1.29, 1.82) is 0 Å². The van der Waals surface area contributed by atoms with Crippen LogP contribution in [0.5, 0.6) is 5.75 Å². The number of halogens is 3. The number of piperidine rings is 1. The van der Waals surface area contributed by atoms with Gasteiger partial charge in [0.2, 0.25) is 0 Å². The monoisotopic (exact) mass is 404 g/mol. The van der Waals surface area contributed by atoms with Gasteiger partial charge >= 0.3 is 6.18 Å². The lowest BCUT2D eigenvalue weighted by Crippen LogP contribution is -2.33. The van der Waals surface area contributed by atoms with Crippen molar-refractivity contribution < 1.29 is 17.9 Å². The number of likely N-dealkylation sites (tertiary alicyclic amines) is 1. The standard InChI is InChI=1S/C21H23F3N4O/c1-27-17-4-3-9-25-20(17)26-19(27)13-28-10-7-14(8-11-28)16-12-15(21(22,23)24)5-6-18(16)29-2/h3-6,9,12,14H,7-8,10-11,13H2,1-2H3. The van der Waals surface area contributed by atoms with Crippen LogP contribution in [0.1, 0.15) is 35.7 Å². The zero-order valence-electron chi connectivity index (χ0n) is 16.4. The number of benzene rings is 1. The maximum atomic E-state index is 13.1. The molecule has 0 N–H and O–H groups in total. The molecule has 0 unspecified atom stereocenters. The predicted octanol–water partition coefficient (Wildman–Crippen LogP) is 4.38. The fraction of sp³-hybridized carbons (Fsp3) is 0.429. The van der Waals surface area contributed by atoms with Crippen LogP contribution >= 0.6 is 0 Å². The largest absolute Gasteiger partial charge is 0.496 e. The van der Waals surface area contributed by atoms with Gasteiger partial charge in [-0.05, 0) is 67.7 Å². The first-order valence-corrected chi connectivity index (χ1v) is 9.60. The summed E-state index contributed by atoms with van der Waals surface area (Å²) in [4.78, 5) is 11.2. The average Bonchev–Trinajstić information content (AvgIpc) is 3.03. The summed E-state index contributed by atoms with van der Waals surface area (Å²) in [6.45, 7) is 2.28. The minimum atomic E-state index is -4.35. The molecule has 8 heteroatoms. The Morgan fingerprint density at radius 2 is 1.93 bits per heavy atom. The second-order valence-electron chi connectivity index (χ2n) is 7.44. The number of methoxy groups -OCH3 is 1. The van der Waals surface area contributed by atoms with Crippen LogP contribution in [0.25, 0.3) is 11.2 Å². The number of aromatic nitrogens is 3. The second kappa shape index (κ2) is 7.67. The van der Waals surface area contributed by atoms with Gasteiger partial charge in [-0.2, -0.15) is 13.2 Å². The Kier molecular flexibility index (Phi) is 5.21. The molecular weight excluding hydrogens is 381 g/mol. The second-order valence-corrected chi connectivity index (χ2v) is 7.44. The fourth-order valence-corrected chi connectivity index (χ4v) is 4.05. The van der Waals surface area contributed by atoms with Crippen LogP contribution in [0, 0.1) is 0 Å². The van der Waals surface area contributed by atoms with Gasteiger partial charge < -0.3 is 9.30 Å². The Balaban J connectivity index is 1.47. The topological polar surface area (TPSA) is 43.2 Å². The molecule has 1 aliphatic heterocycles. The SMILES string of the molecule is COc1ccc(C(F)(F)F)cc1C1CCN(Cc2nc3ncccc3n2C)CC1. The highest BCUT2D eigenvalue weighted by Gasteiger charge is 2.33. The van der Waals surface area contributed by atoms with Crippen molar-refractivity contribution in [3.8, 4) is 5.75 Å². The molecule has 3 heterocycles. The summed E-state index contributed by atoms with van der Waals surface area (Å²) in [5, 5.41) is 0. The molecule has 2 aromatic heterocycles. The van der Waals surface area contributed by atoms with E-state index in [1.54, 1.807) is 6.20 Å². The Morgan fingerprint density at radius 3 is 2.59 bits per heavy atom. The summed E-state index contributed by atoms with van der Waals surface area (Å²) in [6, 6.07) is 7.64. The molecule has 0 bridgehead atoms. The molecule has 3 aromatic rings. The van der Waals surface area contributed by atoms with E-state index in [1.807, 2.05) is 23.7 Å². The Labute approximate surface area is 167 Å². The molecule has 29 heavy (non-hydrogen) atoms. The Hall–Kier alpha value is -2.61. The fourth-order valence-electron chi connectivity index (χ4n) is 4.05. The molecule has 0 saturated carbocycles. The molecule has 5 nitrogen and oxygen atoms in total. The van der Waals surface area contributed by atoms with Gasteiger partial charge in [-0.25, -0.2) is 9.97 Å². The number of pyridine rings is 1. The van der Waals surface area contributed by atoms with Crippen LogP contribution in [0.3, 0.4) is 0 Å². The number of imidazole rings is 1. The molecule has 154 valence electrons. The average molecular weight is 404 g/mol. The first-order valence-electron chi connectivity index (χ1n) is 9.60. The summed E-state index contributed by atoms with van der Waals surface area (Å²) < 4.78 is 46.8. The van der Waals surface area contributed by atoms with E-state index in [2.05, 4.69) is 14.9 Å². The number of alkyl halides is 3. The minimum Gasteiger partial charge on any atom is -0.496 e. The summed E-state index contributed by atoms with van der Waals surface area (Å²) in [6.07, 6.45) is -1.07. The van der Waals surface area contributed by atoms with Crippen LogP contribution in [-0.2, 0) is 19.8 Å². The third kappa shape index (κ3) is 3.94. The highest BCUT2D eigenvalue weighted by atomic mass is 19.4. The first kappa shape index (κ1) is 19.7. The van der Waals surface area contributed by atoms with E-state index >= 15 is 0 Å². The van der Waals surface area contributed by atoms with Crippen LogP contribution in [-0.4, -0.2) is 39.6 Å². The smallest absolute Gasteiger partial charge is 0.416 e. The molecule has 1 aromatic carbocycles. The molecule has 1 fully saturated rings. The van der Waals surface area contributed by atoms with E-state index in [1.165, 1.54) is 19.2 Å². The maximum absolute atomic E-state index is 13.1. The van der Waals surface area contributed by atoms with E-state index in [9.17, 15) is 13.2 Å². The lowest BCUT2D eigenvalue weighted by molar-refractivity contribution is -0.137. The minimum absolute atomic E-state index is 0.0469. The van der Waals surface area contributed by atoms with E-state index in [0.29, 0.717) is 17.9 Å². The molecule has 1 saturated heterocycles. The maximum Gasteiger partial charge on any atom is 0.416 e. The van der Waals surface area contributed by atoms with Gasteiger partial charge in [0.05, 0.1) is 24.7 Å². The van der Waals surface area contributed by atoms with Gasteiger partial charge in [0.1, 0.15) is 11.6 Å². The van der Waals surface area contributed by atoms with Gasteiger partial charge in [-0.15, -0.1) is 0 Å². The molecule has 0 atom stereocenters. The summed E-state index contributed by atoms with van der Waals surface area (Å²) in [7, 11) is 3.48. The third-order valence-electron chi connectivity index (χ3n) is 5.70. The number of fused-ring (bicyclic) bond motifs is 1. The molecule has 0 spiro atoms. The number of ether oxygens (including phenoxy) is 1. The zero-order valence-corrected chi connectivity index (χ0v) is 16.4. The number of aryl methyl sites for hydroxylation is 1. The molecule has 1 aliphatic rings. The normalized spacial score (nSPS) is 16.4. The van der Waals surface area contributed by atoms with Gasteiger partial charge in [0.15, 0.2) is 5.65 Å². The van der Waals surface area contributed by atoms with Crippen molar-refractivity contribution in [3.63, 3.8) is 0 Å². The van der Waals surface area contributed by atoms with E-state index in [4.69, 9.17) is 4.74 Å². The molecule has 0 radical (unpaired) electrons. The first-order chi connectivity index (χ1) is 13.9. The Bertz CT molecular complexity index is 1010. The molecule has 4 rings (SSSR count). The van der Waals surface area contributed by atoms with Crippen molar-refractivity contribution in [2.45, 2.75) is 31.5 Å². The summed E-state index contributed by atoms with van der Waals surface area (Å²) in [5.41, 5.74) is 1.75. The van der Waals surface area contributed by atoms with E-state index < -0.39 is 11.7 Å². The summed E-state index contributed by atoms with van der Waals surface area (Å²) in [5.74, 6) is 1.51. The lowest BCUT2D eigenvalue weighted by Gasteiger charge is -2.32. The lowest BCUT2D eigenvalue weighted by atomic mass is 9.87. The number of hydrogen-bond donors (Lipinski definition) is 0. The van der Waals surface area contributed by atoms with Crippen molar-refractivity contribution in [2.75, 3.05) is 20.2 Å². The van der Waals surface area contributed by atoms with Crippen LogP contribution in [0.15, 0.2) is 36.5 Å². The van der Waals surface area contributed by atoms with E-state index in [0.717, 1.165) is 49.0 Å². The van der Waals surface area contributed by atoms with Crippen molar-refractivity contribution in [2.24, 2.45) is 7.05 Å². The highest BCUT2D eigenvalue weighted by Crippen LogP contribution is 2.39. The molecule has 0 aliphatic carbocycles. The number of hydrogen-bond acceptors (Lipinski definition) is 4. The number of rotatable bonds is 4. The third-order valence-corrected chi connectivity index (χ3v) is 5.70. The Morgan fingerprint density at radius 1 is 1.17 bits per heavy atom. The quantitative estimate of drug-likeness (QED) is 0.648. The van der Waals surface area contributed by atoms with Gasteiger partial charge in [0.25, 0.3) is 0 Å². The molecule has 0 amide bonds. The van der Waals surface area contributed by atoms with Crippen LogP contribution < -0.4 is 4.74 Å². The zero-order chi connectivity index (χ0) is 20.6. The van der Waals surface area contributed by atoms with Crippen LogP contribution in [0.4, 0.5) is 13.2 Å². The van der Waals surface area contributed by atoms with E-state index in [-0.39, 0.29) is 5.92 Å². The van der Waals surface area contributed by atoms with Gasteiger partial charge in [-0.1, -0.05) is 0 Å². The van der Waals surface area contributed by atoms with Gasteiger partial charge in [-0.3, -0.25) is 4.90 Å². The van der Waals surface area contributed by atoms with Gasteiger partial charge in [0, 0.05) is 13.2 Å². The van der Waals surface area contributed by atoms with Crippen LogP contribution in [0.2, 0.25) is 0 Å². The highest BCUT2D eigenvalue weighted by molar-refractivity contribution is 5.71. The van der Waals surface area contributed by atoms with Crippen molar-refractivity contribution >= 4 is 11.2 Å². The number of nitrogens with zero attached hydrogens (tertiary/aromatic N) is 4. The van der Waals surface area contributed by atoms with Crippen molar-refractivity contribution in [3.05, 3.63) is 53.5 Å². The molecular formula is C21H23F3N4O. The van der Waals surface area contributed by atoms with Crippen molar-refractivity contribution in [1.82, 2.24) is 19.4 Å². The predicted molar refractivity (Wildman–Crippen MR) is 104 cm³/mol. The summed E-state index contributed by atoms with van der Waals surface area (Å²) >= 11 is 0.